The molecule has 0 fully saturated rings. The summed E-state index contributed by atoms with van der Waals surface area (Å²) in [5.74, 6) is 0. The minimum atomic E-state index is -3.02. The Morgan fingerprint density at radius 1 is 1.06 bits per heavy atom. The van der Waals surface area contributed by atoms with Gasteiger partial charge in [-0.15, -0.1) is 10.2 Å². The van der Waals surface area contributed by atoms with Crippen molar-refractivity contribution >= 4 is 33.9 Å². The Morgan fingerprint density at radius 3 is 2.58 bits per heavy atom. The Hall–Kier alpha value is -2.94. The minimum Gasteiger partial charge on any atom is -0.456 e. The van der Waals surface area contributed by atoms with E-state index >= 15 is 0 Å². The molecule has 0 radical (unpaired) electrons. The first-order chi connectivity index (χ1) is 14.9. The highest BCUT2D eigenvalue weighted by Crippen LogP contribution is 2.23. The van der Waals surface area contributed by atoms with Gasteiger partial charge in [0.25, 0.3) is 5.56 Å². The largest absolute Gasteiger partial charge is 0.456 e. The topological polar surface area (TPSA) is 109 Å². The number of aromatic nitrogens is 7. The van der Waals surface area contributed by atoms with Crippen LogP contribution in [0.3, 0.4) is 0 Å². The molecule has 0 saturated heterocycles. The molecule has 4 aromatic rings. The SMILES string of the molecule is O=c1ccc(-c2cnc(OCC(F)(F)I)nc2)nn1Cc1nnc(-c2ccccn2)s1. The van der Waals surface area contributed by atoms with E-state index in [1.165, 1.54) is 40.5 Å². The van der Waals surface area contributed by atoms with E-state index in [-0.39, 0.29) is 18.1 Å². The summed E-state index contributed by atoms with van der Waals surface area (Å²) in [5, 5.41) is 13.8. The summed E-state index contributed by atoms with van der Waals surface area (Å²) in [6, 6.07) is 8.20. The van der Waals surface area contributed by atoms with Crippen molar-refractivity contribution in [2.24, 2.45) is 0 Å². The summed E-state index contributed by atoms with van der Waals surface area (Å²) in [6.07, 6.45) is 4.43. The molecule has 31 heavy (non-hydrogen) atoms. The Kier molecular flexibility index (Phi) is 6.22. The molecule has 0 aliphatic heterocycles. The number of rotatable bonds is 7. The molecule has 0 N–H and O–H groups in total. The quantitative estimate of drug-likeness (QED) is 0.253. The summed E-state index contributed by atoms with van der Waals surface area (Å²) in [4.78, 5) is 24.3. The lowest BCUT2D eigenvalue weighted by Crippen LogP contribution is -2.22. The second-order valence-electron chi connectivity index (χ2n) is 6.09. The smallest absolute Gasteiger partial charge is 0.329 e. The molecule has 0 aliphatic carbocycles. The van der Waals surface area contributed by atoms with Crippen LogP contribution in [0.1, 0.15) is 5.01 Å². The standard InChI is InChI=1S/C18H12F2IN7O2S/c19-18(20,21)10-30-17-23-7-11(8-24-17)12-4-5-15(29)28(27-12)9-14-25-26-16(31-14)13-3-1-2-6-22-13/h1-8H,9-10H2. The van der Waals surface area contributed by atoms with Gasteiger partial charge in [-0.05, 0) is 18.2 Å². The number of alkyl halides is 3. The molecule has 0 atom stereocenters. The maximum absolute atomic E-state index is 12.9. The Labute approximate surface area is 191 Å². The molecule has 0 spiro atoms. The summed E-state index contributed by atoms with van der Waals surface area (Å²) in [5.41, 5.74) is 1.30. The molecule has 158 valence electrons. The van der Waals surface area contributed by atoms with Crippen LogP contribution in [0.5, 0.6) is 6.01 Å². The lowest BCUT2D eigenvalue weighted by Gasteiger charge is -2.09. The van der Waals surface area contributed by atoms with Gasteiger partial charge in [-0.3, -0.25) is 9.78 Å². The van der Waals surface area contributed by atoms with Gasteiger partial charge in [0.05, 0.1) is 12.2 Å². The van der Waals surface area contributed by atoms with Crippen LogP contribution in [0, 0.1) is 0 Å². The third-order valence-corrected chi connectivity index (χ3v) is 5.03. The monoisotopic (exact) mass is 555 g/mol. The number of hydrogen-bond acceptors (Lipinski definition) is 9. The lowest BCUT2D eigenvalue weighted by atomic mass is 10.2. The zero-order chi connectivity index (χ0) is 21.8. The first-order valence-corrected chi connectivity index (χ1v) is 10.6. The zero-order valence-electron chi connectivity index (χ0n) is 15.5. The van der Waals surface area contributed by atoms with Crippen molar-refractivity contribution in [2.45, 2.75) is 10.5 Å². The van der Waals surface area contributed by atoms with Crippen LogP contribution in [0.15, 0.2) is 53.7 Å². The van der Waals surface area contributed by atoms with Crippen molar-refractivity contribution in [3.63, 3.8) is 0 Å². The average molecular weight is 555 g/mol. The van der Waals surface area contributed by atoms with E-state index in [2.05, 4.69) is 30.2 Å². The van der Waals surface area contributed by atoms with Crippen LogP contribution < -0.4 is 10.3 Å². The van der Waals surface area contributed by atoms with E-state index in [9.17, 15) is 13.6 Å². The van der Waals surface area contributed by atoms with E-state index in [0.29, 0.717) is 27.0 Å². The van der Waals surface area contributed by atoms with E-state index < -0.39 is 10.5 Å². The molecule has 0 bridgehead atoms. The number of ether oxygens (including phenoxy) is 1. The fraction of sp³-hybridized carbons (Fsp3) is 0.167. The molecule has 0 aromatic carbocycles. The summed E-state index contributed by atoms with van der Waals surface area (Å²) < 4.78 is 28.8. The number of halogens is 3. The third-order valence-electron chi connectivity index (χ3n) is 3.79. The van der Waals surface area contributed by atoms with Crippen LogP contribution in [-0.2, 0) is 6.54 Å². The predicted molar refractivity (Wildman–Crippen MR) is 116 cm³/mol. The van der Waals surface area contributed by atoms with E-state index in [1.807, 2.05) is 18.2 Å². The number of nitrogens with zero attached hydrogens (tertiary/aromatic N) is 7. The molecular weight excluding hydrogens is 543 g/mol. The molecule has 0 saturated carbocycles. The maximum atomic E-state index is 12.9. The first kappa shape index (κ1) is 21.3. The zero-order valence-corrected chi connectivity index (χ0v) is 18.5. The van der Waals surface area contributed by atoms with Crippen LogP contribution >= 0.6 is 33.9 Å². The third kappa shape index (κ3) is 5.61. The van der Waals surface area contributed by atoms with E-state index in [0.717, 1.165) is 22.6 Å². The average Bonchev–Trinajstić information content (AvgIpc) is 3.23. The van der Waals surface area contributed by atoms with Crippen molar-refractivity contribution in [2.75, 3.05) is 6.61 Å². The highest BCUT2D eigenvalue weighted by atomic mass is 127. The Balaban J connectivity index is 1.51. The Morgan fingerprint density at radius 2 is 1.87 bits per heavy atom. The summed E-state index contributed by atoms with van der Waals surface area (Å²) >= 11 is 2.28. The number of hydrogen-bond donors (Lipinski definition) is 0. The number of pyridine rings is 1. The normalized spacial score (nSPS) is 11.5. The van der Waals surface area contributed by atoms with Crippen molar-refractivity contribution in [3.05, 3.63) is 64.3 Å². The van der Waals surface area contributed by atoms with Crippen LogP contribution in [0.25, 0.3) is 22.0 Å². The maximum Gasteiger partial charge on any atom is 0.329 e. The van der Waals surface area contributed by atoms with Gasteiger partial charge in [0.2, 0.25) is 0 Å². The predicted octanol–water partition coefficient (Wildman–Crippen LogP) is 3.07. The van der Waals surface area contributed by atoms with Gasteiger partial charge in [-0.2, -0.15) is 13.9 Å². The van der Waals surface area contributed by atoms with Crippen LogP contribution in [0.2, 0.25) is 0 Å². The van der Waals surface area contributed by atoms with Gasteiger partial charge in [0.15, 0.2) is 11.6 Å². The minimum absolute atomic E-state index is 0.129. The van der Waals surface area contributed by atoms with Gasteiger partial charge >= 0.3 is 9.94 Å². The fourth-order valence-electron chi connectivity index (χ4n) is 2.42. The van der Waals surface area contributed by atoms with Gasteiger partial charge in [-0.1, -0.05) is 17.4 Å². The first-order valence-electron chi connectivity index (χ1n) is 8.71. The fourth-order valence-corrected chi connectivity index (χ4v) is 3.38. The molecule has 9 nitrogen and oxygen atoms in total. The molecular formula is C18H12F2IN7O2S. The second kappa shape index (κ2) is 9.05. The van der Waals surface area contributed by atoms with Crippen molar-refractivity contribution in [3.8, 4) is 28.0 Å². The van der Waals surface area contributed by atoms with Gasteiger partial charge in [-0.25, -0.2) is 14.6 Å². The van der Waals surface area contributed by atoms with Crippen LogP contribution in [-0.4, -0.2) is 45.5 Å². The van der Waals surface area contributed by atoms with Crippen molar-refractivity contribution in [1.29, 1.82) is 0 Å². The van der Waals surface area contributed by atoms with Gasteiger partial charge in [0.1, 0.15) is 10.7 Å². The van der Waals surface area contributed by atoms with E-state index in [1.54, 1.807) is 6.20 Å². The molecule has 0 amide bonds. The summed E-state index contributed by atoms with van der Waals surface area (Å²) in [6.45, 7) is -0.706. The highest BCUT2D eigenvalue weighted by molar-refractivity contribution is 14.1. The summed E-state index contributed by atoms with van der Waals surface area (Å²) in [7, 11) is 0. The Bertz CT molecular complexity index is 1230. The van der Waals surface area contributed by atoms with E-state index in [4.69, 9.17) is 4.74 Å². The second-order valence-corrected chi connectivity index (χ2v) is 8.73. The van der Waals surface area contributed by atoms with Crippen molar-refractivity contribution in [1.82, 2.24) is 34.9 Å². The van der Waals surface area contributed by atoms with Crippen molar-refractivity contribution < 1.29 is 13.5 Å². The molecule has 0 unspecified atom stereocenters. The lowest BCUT2D eigenvalue weighted by molar-refractivity contribution is 0.0603. The highest BCUT2D eigenvalue weighted by Gasteiger charge is 2.25. The van der Waals surface area contributed by atoms with Crippen LogP contribution in [0.4, 0.5) is 8.78 Å². The molecule has 13 heteroatoms. The molecule has 4 heterocycles. The molecule has 4 rings (SSSR count). The van der Waals surface area contributed by atoms with Gasteiger partial charge in [0, 0.05) is 52.8 Å². The van der Waals surface area contributed by atoms with Gasteiger partial charge < -0.3 is 4.74 Å². The molecule has 0 aliphatic rings. The molecule has 4 aromatic heterocycles.